The number of carbonyl (C=O) groups excluding carboxylic acids is 1. The molecule has 1 heterocycles. The molecule has 2 aromatic rings. The van der Waals surface area contributed by atoms with Gasteiger partial charge in [0.1, 0.15) is 11.6 Å². The van der Waals surface area contributed by atoms with Crippen LogP contribution in [0.15, 0.2) is 24.4 Å². The number of hydrogen-bond donors (Lipinski definition) is 2. The van der Waals surface area contributed by atoms with Gasteiger partial charge in [-0.05, 0) is 12.1 Å². The zero-order chi connectivity index (χ0) is 12.3. The van der Waals surface area contributed by atoms with Crippen LogP contribution in [0.1, 0.15) is 10.5 Å². The van der Waals surface area contributed by atoms with Crippen molar-refractivity contribution in [3.05, 3.63) is 35.9 Å². The molecule has 0 aliphatic carbocycles. The highest BCUT2D eigenvalue weighted by Crippen LogP contribution is 2.25. The maximum atomic E-state index is 12.9. The van der Waals surface area contributed by atoms with Crippen molar-refractivity contribution in [1.29, 1.82) is 0 Å². The summed E-state index contributed by atoms with van der Waals surface area (Å²) in [5.41, 5.74) is 0.498. The molecular weight excluding hydrogens is 227 g/mol. The average Bonchev–Trinajstić information content (AvgIpc) is 2.85. The first-order valence-corrected chi connectivity index (χ1v) is 4.71. The normalized spacial score (nSPS) is 10.0. The van der Waals surface area contributed by atoms with E-state index >= 15 is 0 Å². The van der Waals surface area contributed by atoms with Crippen LogP contribution in [0, 0.1) is 5.82 Å². The number of rotatable bonds is 3. The Labute approximate surface area is 95.8 Å². The van der Waals surface area contributed by atoms with Crippen molar-refractivity contribution in [2.45, 2.75) is 0 Å². The number of aromatic nitrogens is 3. The summed E-state index contributed by atoms with van der Waals surface area (Å²) >= 11 is 0. The first-order valence-electron chi connectivity index (χ1n) is 4.71. The highest BCUT2D eigenvalue weighted by atomic mass is 19.1. The van der Waals surface area contributed by atoms with E-state index in [0.29, 0.717) is 5.69 Å². The molecule has 0 bridgehead atoms. The molecule has 0 atom stereocenters. The Kier molecular flexibility index (Phi) is 2.99. The number of halogens is 1. The predicted molar refractivity (Wildman–Crippen MR) is 57.3 cm³/mol. The molecule has 0 spiro atoms. The van der Waals surface area contributed by atoms with Crippen LogP contribution in [-0.2, 0) is 0 Å². The highest BCUT2D eigenvalue weighted by molar-refractivity contribution is 6.03. The second kappa shape index (κ2) is 4.60. The minimum absolute atomic E-state index is 0.136. The van der Waals surface area contributed by atoms with Crippen molar-refractivity contribution in [2.24, 2.45) is 0 Å². The van der Waals surface area contributed by atoms with Gasteiger partial charge in [0.2, 0.25) is 0 Å². The number of benzene rings is 1. The molecule has 88 valence electrons. The van der Waals surface area contributed by atoms with Gasteiger partial charge in [0, 0.05) is 6.07 Å². The standard InChI is InChI=1S/C10H9FN4O2/c1-17-9-4-6(11)2-3-7(9)13-10(16)8-5-12-15-14-8/h2-5H,1H3,(H,13,16)(H,12,14,15). The van der Waals surface area contributed by atoms with Gasteiger partial charge in [-0.1, -0.05) is 0 Å². The lowest BCUT2D eigenvalue weighted by Gasteiger charge is -2.08. The number of nitrogens with zero attached hydrogens (tertiary/aromatic N) is 2. The quantitative estimate of drug-likeness (QED) is 0.839. The smallest absolute Gasteiger partial charge is 0.277 e. The van der Waals surface area contributed by atoms with E-state index in [1.165, 1.54) is 31.5 Å². The highest BCUT2D eigenvalue weighted by Gasteiger charge is 2.12. The third-order valence-corrected chi connectivity index (χ3v) is 2.06. The van der Waals surface area contributed by atoms with Gasteiger partial charge in [-0.15, -0.1) is 0 Å². The Morgan fingerprint density at radius 3 is 3.00 bits per heavy atom. The van der Waals surface area contributed by atoms with Crippen LogP contribution in [-0.4, -0.2) is 28.4 Å². The third-order valence-electron chi connectivity index (χ3n) is 2.06. The largest absolute Gasteiger partial charge is 0.494 e. The number of H-pyrrole nitrogens is 1. The van der Waals surface area contributed by atoms with E-state index in [1.54, 1.807) is 0 Å². The van der Waals surface area contributed by atoms with Gasteiger partial charge >= 0.3 is 0 Å². The van der Waals surface area contributed by atoms with Gasteiger partial charge in [0.15, 0.2) is 5.69 Å². The fourth-order valence-electron chi connectivity index (χ4n) is 1.27. The lowest BCUT2D eigenvalue weighted by molar-refractivity contribution is 0.102. The third kappa shape index (κ3) is 2.39. The number of methoxy groups -OCH3 is 1. The lowest BCUT2D eigenvalue weighted by Crippen LogP contribution is -2.13. The van der Waals surface area contributed by atoms with E-state index in [-0.39, 0.29) is 11.4 Å². The minimum Gasteiger partial charge on any atom is -0.494 e. The van der Waals surface area contributed by atoms with Crippen LogP contribution < -0.4 is 10.1 Å². The van der Waals surface area contributed by atoms with Crippen molar-refractivity contribution in [3.8, 4) is 5.75 Å². The van der Waals surface area contributed by atoms with Gasteiger partial charge in [-0.3, -0.25) is 4.79 Å². The molecule has 7 heteroatoms. The molecule has 0 fully saturated rings. The molecule has 0 unspecified atom stereocenters. The lowest BCUT2D eigenvalue weighted by atomic mass is 10.2. The summed E-state index contributed by atoms with van der Waals surface area (Å²) in [4.78, 5) is 11.6. The summed E-state index contributed by atoms with van der Waals surface area (Å²) in [5.74, 6) is -0.660. The van der Waals surface area contributed by atoms with Crippen molar-refractivity contribution in [2.75, 3.05) is 12.4 Å². The molecule has 0 saturated carbocycles. The topological polar surface area (TPSA) is 79.9 Å². The van der Waals surface area contributed by atoms with Crippen LogP contribution >= 0.6 is 0 Å². The molecule has 0 aliphatic heterocycles. The van der Waals surface area contributed by atoms with Crippen LogP contribution in [0.3, 0.4) is 0 Å². The van der Waals surface area contributed by atoms with E-state index in [1.807, 2.05) is 0 Å². The summed E-state index contributed by atoms with van der Waals surface area (Å²) in [7, 11) is 1.39. The molecule has 0 aliphatic rings. The van der Waals surface area contributed by atoms with Gasteiger partial charge in [-0.25, -0.2) is 4.39 Å². The van der Waals surface area contributed by atoms with Crippen molar-refractivity contribution in [3.63, 3.8) is 0 Å². The first-order chi connectivity index (χ1) is 8.20. The molecule has 17 heavy (non-hydrogen) atoms. The maximum Gasteiger partial charge on any atom is 0.277 e. The summed E-state index contributed by atoms with van der Waals surface area (Å²) in [5, 5.41) is 12.0. The molecule has 0 radical (unpaired) electrons. The van der Waals surface area contributed by atoms with Gasteiger partial charge < -0.3 is 10.1 Å². The summed E-state index contributed by atoms with van der Waals surface area (Å²) in [6.45, 7) is 0. The molecule has 1 amide bonds. The number of ether oxygens (including phenoxy) is 1. The molecule has 2 N–H and O–H groups in total. The number of carbonyl (C=O) groups is 1. The van der Waals surface area contributed by atoms with Crippen LogP contribution in [0.2, 0.25) is 0 Å². The van der Waals surface area contributed by atoms with E-state index in [9.17, 15) is 9.18 Å². The fourth-order valence-corrected chi connectivity index (χ4v) is 1.27. The number of anilines is 1. The predicted octanol–water partition coefficient (Wildman–Crippen LogP) is 1.20. The zero-order valence-corrected chi connectivity index (χ0v) is 8.90. The molecule has 6 nitrogen and oxygen atoms in total. The Balaban J connectivity index is 2.21. The Bertz CT molecular complexity index is 527. The number of aromatic amines is 1. The second-order valence-electron chi connectivity index (χ2n) is 3.15. The Morgan fingerprint density at radius 1 is 1.53 bits per heavy atom. The van der Waals surface area contributed by atoms with Gasteiger partial charge in [-0.2, -0.15) is 15.4 Å². The molecule has 1 aromatic heterocycles. The first kappa shape index (κ1) is 11.1. The molecular formula is C10H9FN4O2. The van der Waals surface area contributed by atoms with Crippen molar-refractivity contribution < 1.29 is 13.9 Å². The molecule has 1 aromatic carbocycles. The van der Waals surface area contributed by atoms with Gasteiger partial charge in [0.05, 0.1) is 19.0 Å². The number of nitrogens with one attached hydrogen (secondary N) is 2. The average molecular weight is 236 g/mol. The maximum absolute atomic E-state index is 12.9. The number of hydrogen-bond acceptors (Lipinski definition) is 4. The SMILES string of the molecule is COc1cc(F)ccc1NC(=O)c1cn[nH]n1. The second-order valence-corrected chi connectivity index (χ2v) is 3.15. The molecule has 0 saturated heterocycles. The number of amides is 1. The zero-order valence-electron chi connectivity index (χ0n) is 8.90. The van der Waals surface area contributed by atoms with Crippen molar-refractivity contribution in [1.82, 2.24) is 15.4 Å². The van der Waals surface area contributed by atoms with E-state index in [2.05, 4.69) is 20.7 Å². The minimum atomic E-state index is -0.455. The summed E-state index contributed by atoms with van der Waals surface area (Å²) in [6, 6.07) is 3.81. The van der Waals surface area contributed by atoms with E-state index < -0.39 is 11.7 Å². The van der Waals surface area contributed by atoms with Crippen LogP contribution in [0.5, 0.6) is 5.75 Å². The fraction of sp³-hybridized carbons (Fsp3) is 0.100. The van der Waals surface area contributed by atoms with Crippen LogP contribution in [0.4, 0.5) is 10.1 Å². The summed E-state index contributed by atoms with van der Waals surface area (Å²) < 4.78 is 17.9. The van der Waals surface area contributed by atoms with Gasteiger partial charge in [0.25, 0.3) is 5.91 Å². The Hall–Kier alpha value is -2.44. The van der Waals surface area contributed by atoms with Crippen LogP contribution in [0.25, 0.3) is 0 Å². The Morgan fingerprint density at radius 2 is 2.35 bits per heavy atom. The monoisotopic (exact) mass is 236 g/mol. The van der Waals surface area contributed by atoms with E-state index in [4.69, 9.17) is 4.74 Å². The summed E-state index contributed by atoms with van der Waals surface area (Å²) in [6.07, 6.45) is 1.28. The molecule has 2 rings (SSSR count). The van der Waals surface area contributed by atoms with Crippen molar-refractivity contribution >= 4 is 11.6 Å². The van der Waals surface area contributed by atoms with E-state index in [0.717, 1.165) is 0 Å².